The van der Waals surface area contributed by atoms with E-state index in [2.05, 4.69) is 42.2 Å². The Balaban J connectivity index is 0.000000245. The number of amides is 2. The first-order valence-corrected chi connectivity index (χ1v) is 22.9. The van der Waals surface area contributed by atoms with Gasteiger partial charge in [-0.15, -0.1) is 0 Å². The summed E-state index contributed by atoms with van der Waals surface area (Å²) in [6.45, 7) is 7.89. The average molecular weight is 923 g/mol. The van der Waals surface area contributed by atoms with E-state index in [1.165, 1.54) is 12.1 Å². The van der Waals surface area contributed by atoms with Crippen LogP contribution in [-0.4, -0.2) is 123 Å². The lowest BCUT2D eigenvalue weighted by Gasteiger charge is -2.43. The van der Waals surface area contributed by atoms with E-state index < -0.39 is 31.6 Å². The zero-order valence-corrected chi connectivity index (χ0v) is 38.2. The van der Waals surface area contributed by atoms with Gasteiger partial charge in [-0.3, -0.25) is 19.2 Å². The molecule has 65 heavy (non-hydrogen) atoms. The zero-order chi connectivity index (χ0) is 47.2. The number of aliphatic carboxylic acids is 1. The number of carbonyl (C=O) groups excluding carboxylic acids is 3. The van der Waals surface area contributed by atoms with Gasteiger partial charge in [0, 0.05) is 74.9 Å². The molecule has 4 fully saturated rings. The van der Waals surface area contributed by atoms with Crippen LogP contribution in [-0.2, 0) is 23.9 Å². The quantitative estimate of drug-likeness (QED) is 0.0775. The number of carboxylic acids is 1. The molecule has 2 saturated heterocycles. The number of halogens is 4. The Kier molecular flexibility index (Phi) is 19.1. The Morgan fingerprint density at radius 3 is 1.63 bits per heavy atom. The number of esters is 1. The van der Waals surface area contributed by atoms with Gasteiger partial charge in [0.25, 0.3) is 0 Å². The van der Waals surface area contributed by atoms with Crippen LogP contribution in [0.15, 0.2) is 36.4 Å². The van der Waals surface area contributed by atoms with Crippen molar-refractivity contribution in [3.05, 3.63) is 36.4 Å². The first kappa shape index (κ1) is 50.8. The van der Waals surface area contributed by atoms with Gasteiger partial charge in [-0.1, -0.05) is 27.7 Å². The standard InChI is InChI=1S/C25H36F2N2O5.C22H30F2N2O5/c1-4-32-24(31)15-23(30)29-12-11-28(16-19(29)13-17(2)3)18-9-10-21(34-25(26)27)22(14-18)33-20-7-5-6-8-20;1-14(2)9-17-12-25(7-8-26(17)20(27)11-21(28)29)16-5-6-18(31-22(23)24)19(10-16)30-13-15-3-4-15/h9-10,14,17,19-20,25H,4-8,11-13,15-16H2,1-3H3;5-6,10,14-15,17,22H,3-4,7-9,11-13H2,1-2H3,(H,28,29). The van der Waals surface area contributed by atoms with Crippen LogP contribution in [0.2, 0.25) is 0 Å². The molecule has 14 nitrogen and oxygen atoms in total. The molecule has 2 aliphatic carbocycles. The summed E-state index contributed by atoms with van der Waals surface area (Å²) in [5.74, 6) is -0.468. The van der Waals surface area contributed by atoms with Crippen LogP contribution in [0.25, 0.3) is 0 Å². The Morgan fingerprint density at radius 2 is 1.17 bits per heavy atom. The Bertz CT molecular complexity index is 1880. The number of carbonyl (C=O) groups is 4. The van der Waals surface area contributed by atoms with Crippen LogP contribution in [0.1, 0.15) is 98.8 Å². The third kappa shape index (κ3) is 16.0. The zero-order valence-electron chi connectivity index (χ0n) is 38.2. The molecule has 0 spiro atoms. The van der Waals surface area contributed by atoms with Crippen molar-refractivity contribution < 1.29 is 65.5 Å². The molecule has 2 aromatic carbocycles. The number of anilines is 2. The van der Waals surface area contributed by atoms with Gasteiger partial charge in [0.15, 0.2) is 23.0 Å². The van der Waals surface area contributed by atoms with Gasteiger partial charge in [-0.25, -0.2) is 0 Å². The maximum atomic E-state index is 12.9. The summed E-state index contributed by atoms with van der Waals surface area (Å²) in [6, 6.07) is 9.75. The molecule has 2 saturated carbocycles. The molecular weight excluding hydrogens is 857 g/mol. The maximum absolute atomic E-state index is 12.9. The van der Waals surface area contributed by atoms with Crippen molar-refractivity contribution >= 4 is 35.1 Å². The fourth-order valence-corrected chi connectivity index (χ4v) is 8.65. The third-order valence-corrected chi connectivity index (χ3v) is 11.8. The van der Waals surface area contributed by atoms with E-state index in [4.69, 9.17) is 24.1 Å². The molecule has 4 aliphatic rings. The highest BCUT2D eigenvalue weighted by atomic mass is 19.3. The highest BCUT2D eigenvalue weighted by Crippen LogP contribution is 2.39. The van der Waals surface area contributed by atoms with Crippen LogP contribution in [0.3, 0.4) is 0 Å². The van der Waals surface area contributed by atoms with Gasteiger partial charge in [0.1, 0.15) is 12.8 Å². The minimum atomic E-state index is -2.94. The Morgan fingerprint density at radius 1 is 0.677 bits per heavy atom. The molecule has 362 valence electrons. The molecule has 2 aromatic rings. The maximum Gasteiger partial charge on any atom is 0.387 e. The van der Waals surface area contributed by atoms with Crippen molar-refractivity contribution in [2.75, 3.05) is 62.3 Å². The van der Waals surface area contributed by atoms with E-state index in [-0.39, 0.29) is 60.3 Å². The van der Waals surface area contributed by atoms with Crippen LogP contribution in [0, 0.1) is 17.8 Å². The van der Waals surface area contributed by atoms with E-state index in [9.17, 15) is 36.7 Å². The molecule has 0 aromatic heterocycles. The van der Waals surface area contributed by atoms with Crippen molar-refractivity contribution in [2.24, 2.45) is 17.8 Å². The molecule has 2 atom stereocenters. The highest BCUT2D eigenvalue weighted by Gasteiger charge is 2.34. The summed E-state index contributed by atoms with van der Waals surface area (Å²) in [5, 5.41) is 8.99. The number of hydrogen-bond donors (Lipinski definition) is 1. The van der Waals surface area contributed by atoms with E-state index in [0.717, 1.165) is 62.7 Å². The number of rotatable bonds is 20. The van der Waals surface area contributed by atoms with Crippen LogP contribution < -0.4 is 28.7 Å². The fourth-order valence-electron chi connectivity index (χ4n) is 8.65. The number of nitrogens with zero attached hydrogens (tertiary/aromatic N) is 4. The number of piperazine rings is 2. The average Bonchev–Trinajstić information content (AvgIpc) is 3.92. The number of hydrogen-bond acceptors (Lipinski definition) is 11. The summed E-state index contributed by atoms with van der Waals surface area (Å²) in [4.78, 5) is 55.7. The van der Waals surface area contributed by atoms with Crippen molar-refractivity contribution in [1.29, 1.82) is 0 Å². The lowest BCUT2D eigenvalue weighted by atomic mass is 9.99. The second kappa shape index (κ2) is 24.4. The molecule has 2 amide bonds. The molecule has 6 rings (SSSR count). The lowest BCUT2D eigenvalue weighted by molar-refractivity contribution is -0.150. The molecule has 0 radical (unpaired) electrons. The van der Waals surface area contributed by atoms with Crippen LogP contribution in [0.4, 0.5) is 28.9 Å². The second-order valence-electron chi connectivity index (χ2n) is 18.0. The summed E-state index contributed by atoms with van der Waals surface area (Å²) >= 11 is 0. The van der Waals surface area contributed by atoms with E-state index in [1.807, 2.05) is 0 Å². The molecule has 18 heteroatoms. The summed E-state index contributed by atoms with van der Waals surface area (Å²) in [5.41, 5.74) is 1.63. The largest absolute Gasteiger partial charge is 0.489 e. The summed E-state index contributed by atoms with van der Waals surface area (Å²) in [6.07, 6.45) is 6.81. The molecule has 2 unspecified atom stereocenters. The molecule has 2 aliphatic heterocycles. The van der Waals surface area contributed by atoms with Gasteiger partial charge >= 0.3 is 25.2 Å². The number of alkyl halides is 4. The minimum absolute atomic E-state index is 0.00121. The van der Waals surface area contributed by atoms with Gasteiger partial charge < -0.3 is 48.4 Å². The van der Waals surface area contributed by atoms with Crippen LogP contribution in [0.5, 0.6) is 23.0 Å². The summed E-state index contributed by atoms with van der Waals surface area (Å²) < 4.78 is 77.5. The number of ether oxygens (including phenoxy) is 5. The highest BCUT2D eigenvalue weighted by molar-refractivity contribution is 5.94. The van der Waals surface area contributed by atoms with Crippen molar-refractivity contribution in [2.45, 2.75) is 130 Å². The molecule has 2 heterocycles. The SMILES string of the molecule is CC(C)CC1CN(c2ccc(OC(F)F)c(OCC3CC3)c2)CCN1C(=O)CC(=O)O.CCOC(=O)CC(=O)N1CCN(c2ccc(OC(F)F)c(OC3CCCC3)c2)CC1CC(C)C. The number of carboxylic acid groups (broad SMARTS) is 1. The normalized spacial score (nSPS) is 19.1. The van der Waals surface area contributed by atoms with E-state index in [1.54, 1.807) is 41.0 Å². The second-order valence-corrected chi connectivity index (χ2v) is 18.0. The van der Waals surface area contributed by atoms with Gasteiger partial charge in [-0.2, -0.15) is 17.6 Å². The summed E-state index contributed by atoms with van der Waals surface area (Å²) in [7, 11) is 0. The van der Waals surface area contributed by atoms with Gasteiger partial charge in [0.05, 0.1) is 19.3 Å². The predicted molar refractivity (Wildman–Crippen MR) is 235 cm³/mol. The van der Waals surface area contributed by atoms with E-state index >= 15 is 0 Å². The van der Waals surface area contributed by atoms with Crippen molar-refractivity contribution in [1.82, 2.24) is 9.80 Å². The van der Waals surface area contributed by atoms with E-state index in [0.29, 0.717) is 69.4 Å². The van der Waals surface area contributed by atoms with Gasteiger partial charge in [0.2, 0.25) is 11.8 Å². The smallest absolute Gasteiger partial charge is 0.387 e. The molecule has 0 bridgehead atoms. The molecule has 1 N–H and O–H groups in total. The monoisotopic (exact) mass is 922 g/mol. The minimum Gasteiger partial charge on any atom is -0.489 e. The third-order valence-electron chi connectivity index (χ3n) is 11.8. The number of benzene rings is 2. The van der Waals surface area contributed by atoms with Crippen molar-refractivity contribution in [3.63, 3.8) is 0 Å². The first-order valence-electron chi connectivity index (χ1n) is 22.9. The Labute approximate surface area is 379 Å². The lowest BCUT2D eigenvalue weighted by Crippen LogP contribution is -2.56. The predicted octanol–water partition coefficient (Wildman–Crippen LogP) is 8.24. The van der Waals surface area contributed by atoms with Gasteiger partial charge in [-0.05, 0) is 100 Å². The van der Waals surface area contributed by atoms with Crippen molar-refractivity contribution in [3.8, 4) is 23.0 Å². The topological polar surface area (TPSA) is 148 Å². The van der Waals surface area contributed by atoms with Crippen LogP contribution >= 0.6 is 0 Å². The Hall–Kier alpha value is -5.16. The fraction of sp³-hybridized carbons (Fsp3) is 0.660. The molecular formula is C47H66F4N4O10. The first-order chi connectivity index (χ1) is 31.0.